The zero-order chi connectivity index (χ0) is 32.9. The van der Waals surface area contributed by atoms with Crippen LogP contribution in [0.3, 0.4) is 0 Å². The number of thioether (sulfide) groups is 1. The number of methoxy groups -OCH3 is 2. The van der Waals surface area contributed by atoms with Crippen molar-refractivity contribution in [3.05, 3.63) is 129 Å². The van der Waals surface area contributed by atoms with Crippen LogP contribution in [0.2, 0.25) is 10.0 Å². The molecule has 2 heterocycles. The topological polar surface area (TPSA) is 65.8 Å². The molecule has 4 aromatic carbocycles. The molecule has 0 radical (unpaired) electrons. The Morgan fingerprint density at radius 1 is 0.915 bits per heavy atom. The Morgan fingerprint density at radius 2 is 1.68 bits per heavy atom. The van der Waals surface area contributed by atoms with Gasteiger partial charge in [-0.15, -0.1) is 0 Å². The van der Waals surface area contributed by atoms with E-state index in [0.717, 1.165) is 33.6 Å². The number of ether oxygens (including phenoxy) is 3. The molecule has 5 aromatic rings. The summed E-state index contributed by atoms with van der Waals surface area (Å²) >= 11 is 19.3. The normalized spacial score (nSPS) is 13.8. The van der Waals surface area contributed by atoms with E-state index in [4.69, 9.17) is 54.7 Å². The van der Waals surface area contributed by atoms with Crippen LogP contribution in [0.5, 0.6) is 17.2 Å². The quantitative estimate of drug-likeness (QED) is 0.101. The van der Waals surface area contributed by atoms with E-state index in [1.54, 1.807) is 31.3 Å². The van der Waals surface area contributed by atoms with Crippen molar-refractivity contribution in [3.63, 3.8) is 0 Å². The molecule has 0 saturated carbocycles. The molecule has 0 spiro atoms. The van der Waals surface area contributed by atoms with Gasteiger partial charge in [0, 0.05) is 39.5 Å². The molecule has 1 aromatic heterocycles. The Balaban J connectivity index is 1.23. The van der Waals surface area contributed by atoms with Gasteiger partial charge in [0.2, 0.25) is 0 Å². The Morgan fingerprint density at radius 3 is 2.40 bits per heavy atom. The van der Waals surface area contributed by atoms with Crippen molar-refractivity contribution in [2.75, 3.05) is 20.8 Å². The van der Waals surface area contributed by atoms with E-state index in [-0.39, 0.29) is 5.91 Å². The van der Waals surface area contributed by atoms with Crippen molar-refractivity contribution in [2.24, 2.45) is 0 Å². The fourth-order valence-corrected chi connectivity index (χ4v) is 6.81. The van der Waals surface area contributed by atoms with Gasteiger partial charge in [-0.05, 0) is 78.7 Å². The molecular weight excluding hydrogens is 673 g/mol. The fraction of sp³-hybridized carbons (Fsp3) is 0.139. The monoisotopic (exact) mass is 701 g/mol. The van der Waals surface area contributed by atoms with Gasteiger partial charge in [0.15, 0.2) is 11.5 Å². The number of nitrogens with zero attached hydrogens (tertiary/aromatic N) is 3. The van der Waals surface area contributed by atoms with E-state index in [1.165, 1.54) is 11.8 Å². The van der Waals surface area contributed by atoms with Gasteiger partial charge < -0.3 is 14.2 Å². The van der Waals surface area contributed by atoms with Crippen LogP contribution in [0.1, 0.15) is 16.7 Å². The summed E-state index contributed by atoms with van der Waals surface area (Å²) in [5.74, 6) is 1.84. The maximum absolute atomic E-state index is 13.6. The lowest BCUT2D eigenvalue weighted by molar-refractivity contribution is -0.122. The molecular formula is C36H29Cl2N3O4S2. The molecule has 1 saturated heterocycles. The second kappa shape index (κ2) is 14.6. The molecule has 1 fully saturated rings. The van der Waals surface area contributed by atoms with Gasteiger partial charge in [0.25, 0.3) is 5.91 Å². The van der Waals surface area contributed by atoms with Crippen LogP contribution < -0.4 is 14.2 Å². The lowest BCUT2D eigenvalue weighted by atomic mass is 10.1. The number of thiocarbonyl (C=S) groups is 1. The molecule has 238 valence electrons. The summed E-state index contributed by atoms with van der Waals surface area (Å²) in [4.78, 5) is 15.8. The van der Waals surface area contributed by atoms with Crippen LogP contribution in [0.4, 0.5) is 0 Å². The molecule has 6 rings (SSSR count). The zero-order valence-electron chi connectivity index (χ0n) is 25.5. The highest BCUT2D eigenvalue weighted by Gasteiger charge is 2.32. The first kappa shape index (κ1) is 32.7. The largest absolute Gasteiger partial charge is 0.493 e. The van der Waals surface area contributed by atoms with E-state index in [1.807, 2.05) is 95.8 Å². The third kappa shape index (κ3) is 7.49. The first-order valence-electron chi connectivity index (χ1n) is 14.6. The number of hydrogen-bond acceptors (Lipinski definition) is 7. The van der Waals surface area contributed by atoms with Crippen molar-refractivity contribution in [1.82, 2.24) is 14.7 Å². The molecule has 1 aliphatic rings. The predicted molar refractivity (Wildman–Crippen MR) is 193 cm³/mol. The average Bonchev–Trinajstić information content (AvgIpc) is 3.63. The fourth-order valence-electron chi connectivity index (χ4n) is 5.05. The summed E-state index contributed by atoms with van der Waals surface area (Å²) in [7, 11) is 3.20. The highest BCUT2D eigenvalue weighted by Crippen LogP contribution is 2.36. The first-order chi connectivity index (χ1) is 22.8. The number of hydrogen-bond donors (Lipinski definition) is 0. The van der Waals surface area contributed by atoms with Gasteiger partial charge in [0.05, 0.1) is 30.5 Å². The van der Waals surface area contributed by atoms with Crippen molar-refractivity contribution in [1.29, 1.82) is 0 Å². The summed E-state index contributed by atoms with van der Waals surface area (Å²) in [5.41, 5.74) is 5.12. The number of halogens is 2. The molecule has 0 unspecified atom stereocenters. The minimum Gasteiger partial charge on any atom is -0.493 e. The van der Waals surface area contributed by atoms with Crippen LogP contribution in [-0.2, 0) is 17.8 Å². The van der Waals surface area contributed by atoms with Gasteiger partial charge >= 0.3 is 0 Å². The van der Waals surface area contributed by atoms with Gasteiger partial charge in [-0.25, -0.2) is 4.68 Å². The molecule has 7 nitrogen and oxygen atoms in total. The Hall–Kier alpha value is -4.28. The van der Waals surface area contributed by atoms with E-state index >= 15 is 0 Å². The molecule has 47 heavy (non-hydrogen) atoms. The third-order valence-electron chi connectivity index (χ3n) is 7.53. The Bertz CT molecular complexity index is 1960. The molecule has 1 aliphatic heterocycles. The maximum atomic E-state index is 13.6. The molecule has 0 N–H and O–H groups in total. The molecule has 1 amide bonds. The lowest BCUT2D eigenvalue weighted by Gasteiger charge is -2.15. The van der Waals surface area contributed by atoms with Crippen LogP contribution in [0.15, 0.2) is 102 Å². The minimum absolute atomic E-state index is 0.136. The number of aromatic nitrogens is 2. The summed E-state index contributed by atoms with van der Waals surface area (Å²) in [6, 6.07) is 28.6. The first-order valence-corrected chi connectivity index (χ1v) is 16.6. The van der Waals surface area contributed by atoms with Crippen molar-refractivity contribution >= 4 is 63.5 Å². The lowest BCUT2D eigenvalue weighted by Crippen LogP contribution is -2.30. The zero-order valence-corrected chi connectivity index (χ0v) is 28.6. The molecule has 0 atom stereocenters. The SMILES string of the molecule is COc1ccc(CCN2C(=O)C(=Cc3cn(-c4ccccc4)nc3-c3ccc(OCc4ccc(Cl)cc4Cl)cc3)SC2=S)cc1OC. The van der Waals surface area contributed by atoms with E-state index in [2.05, 4.69) is 0 Å². The van der Waals surface area contributed by atoms with Gasteiger partial charge in [-0.2, -0.15) is 5.10 Å². The van der Waals surface area contributed by atoms with Crippen LogP contribution in [0.25, 0.3) is 23.0 Å². The summed E-state index contributed by atoms with van der Waals surface area (Å²) < 4.78 is 19.1. The van der Waals surface area contributed by atoms with E-state index in [9.17, 15) is 4.79 Å². The summed E-state index contributed by atoms with van der Waals surface area (Å²) in [6.07, 6.45) is 4.40. The molecule has 0 bridgehead atoms. The predicted octanol–water partition coefficient (Wildman–Crippen LogP) is 8.89. The number of para-hydroxylation sites is 1. The second-order valence-electron chi connectivity index (χ2n) is 10.5. The number of benzene rings is 4. The van der Waals surface area contributed by atoms with E-state index < -0.39 is 0 Å². The maximum Gasteiger partial charge on any atom is 0.266 e. The Kier molecular flexibility index (Phi) is 10.2. The summed E-state index contributed by atoms with van der Waals surface area (Å²) in [6.45, 7) is 0.743. The highest BCUT2D eigenvalue weighted by atomic mass is 35.5. The second-order valence-corrected chi connectivity index (χ2v) is 13.1. The van der Waals surface area contributed by atoms with Crippen molar-refractivity contribution in [3.8, 4) is 34.2 Å². The number of amides is 1. The molecule has 0 aliphatic carbocycles. The van der Waals surface area contributed by atoms with Crippen molar-refractivity contribution in [2.45, 2.75) is 13.0 Å². The van der Waals surface area contributed by atoms with Gasteiger partial charge in [-0.3, -0.25) is 9.69 Å². The van der Waals surface area contributed by atoms with Gasteiger partial charge in [-0.1, -0.05) is 77.5 Å². The van der Waals surface area contributed by atoms with Crippen LogP contribution in [-0.4, -0.2) is 45.7 Å². The number of carbonyl (C=O) groups is 1. The summed E-state index contributed by atoms with van der Waals surface area (Å²) in [5, 5.41) is 6.04. The van der Waals surface area contributed by atoms with Crippen LogP contribution in [0, 0.1) is 0 Å². The van der Waals surface area contributed by atoms with E-state index in [0.29, 0.717) is 56.1 Å². The number of rotatable bonds is 11. The Labute approximate surface area is 292 Å². The van der Waals surface area contributed by atoms with Crippen LogP contribution >= 0.6 is 47.2 Å². The third-order valence-corrected chi connectivity index (χ3v) is 9.50. The average molecular weight is 703 g/mol. The standard InChI is InChI=1S/C36H29Cl2N3O4S2/c1-43-31-15-8-23(18-32(31)44-2)16-17-40-35(42)33(47-36(40)46)19-26-21-41(28-6-4-3-5-7-28)39-34(26)24-10-13-29(14-11-24)45-22-25-9-12-27(37)20-30(25)38/h3-15,18-21H,16-17,22H2,1-2H3. The highest BCUT2D eigenvalue weighted by molar-refractivity contribution is 8.26. The smallest absolute Gasteiger partial charge is 0.266 e. The van der Waals surface area contributed by atoms with Gasteiger partial charge in [0.1, 0.15) is 16.7 Å². The minimum atomic E-state index is -0.136. The molecule has 11 heteroatoms. The number of carbonyl (C=O) groups excluding carboxylic acids is 1. The van der Waals surface area contributed by atoms with Crippen molar-refractivity contribution < 1.29 is 19.0 Å².